The normalized spacial score (nSPS) is 10.8. The number of hydrogen-bond donors (Lipinski definition) is 1. The molecule has 2 aromatic carbocycles. The van der Waals surface area contributed by atoms with Crippen LogP contribution in [-0.2, 0) is 11.3 Å². The molecule has 0 aliphatic carbocycles. The Hall–Kier alpha value is -4.12. The summed E-state index contributed by atoms with van der Waals surface area (Å²) >= 11 is 1.21. The van der Waals surface area contributed by atoms with Crippen molar-refractivity contribution in [2.24, 2.45) is 0 Å². The number of hydrogen-bond acceptors (Lipinski definition) is 8. The van der Waals surface area contributed by atoms with E-state index < -0.39 is 4.92 Å². The number of non-ortho nitro benzene ring substituents is 1. The average Bonchev–Trinajstić information content (AvgIpc) is 3.42. The number of ether oxygens (including phenoxy) is 1. The van der Waals surface area contributed by atoms with Crippen LogP contribution in [0.3, 0.4) is 0 Å². The Bertz CT molecular complexity index is 1330. The van der Waals surface area contributed by atoms with Crippen LogP contribution in [0.5, 0.6) is 5.75 Å². The summed E-state index contributed by atoms with van der Waals surface area (Å²) in [4.78, 5) is 22.6. The molecule has 0 radical (unpaired) electrons. The minimum absolute atomic E-state index is 0.0457. The number of nitrogens with one attached hydrogen (secondary N) is 1. The highest BCUT2D eigenvalue weighted by atomic mass is 32.2. The third-order valence-electron chi connectivity index (χ3n) is 4.67. The quantitative estimate of drug-likeness (QED) is 0.165. The summed E-state index contributed by atoms with van der Waals surface area (Å²) in [5.74, 6) is 1.43. The number of benzene rings is 2. The zero-order chi connectivity index (χ0) is 23.4. The fourth-order valence-corrected chi connectivity index (χ4v) is 3.92. The highest BCUT2D eigenvalue weighted by Gasteiger charge is 2.19. The van der Waals surface area contributed by atoms with E-state index in [2.05, 4.69) is 22.1 Å². The minimum atomic E-state index is -0.496. The van der Waals surface area contributed by atoms with Gasteiger partial charge in [0.05, 0.1) is 17.8 Å². The number of para-hydroxylation sites is 1. The summed E-state index contributed by atoms with van der Waals surface area (Å²) in [6, 6.07) is 13.1. The number of furan rings is 1. The van der Waals surface area contributed by atoms with Gasteiger partial charge in [0.1, 0.15) is 0 Å². The molecular weight excluding hydrogens is 446 g/mol. The van der Waals surface area contributed by atoms with Crippen molar-refractivity contribution < 1.29 is 18.9 Å². The summed E-state index contributed by atoms with van der Waals surface area (Å²) in [5.41, 5.74) is 1.03. The van der Waals surface area contributed by atoms with Gasteiger partial charge >= 0.3 is 0 Å². The van der Waals surface area contributed by atoms with Gasteiger partial charge in [-0.15, -0.1) is 16.8 Å². The van der Waals surface area contributed by atoms with E-state index in [1.165, 1.54) is 36.0 Å². The second-order valence-electron chi connectivity index (χ2n) is 6.84. The van der Waals surface area contributed by atoms with E-state index in [-0.39, 0.29) is 17.3 Å². The Balaban J connectivity index is 1.50. The molecule has 168 valence electrons. The van der Waals surface area contributed by atoms with Crippen LogP contribution in [0.25, 0.3) is 22.6 Å². The van der Waals surface area contributed by atoms with Crippen molar-refractivity contribution in [1.29, 1.82) is 0 Å². The van der Waals surface area contributed by atoms with Crippen molar-refractivity contribution in [3.05, 3.63) is 71.3 Å². The summed E-state index contributed by atoms with van der Waals surface area (Å²) in [6.45, 7) is 4.21. The number of nitrogens with zero attached hydrogens (tertiary/aromatic N) is 4. The Labute approximate surface area is 192 Å². The van der Waals surface area contributed by atoms with Gasteiger partial charge in [0.2, 0.25) is 11.7 Å². The number of nitro benzene ring substituents is 1. The molecule has 0 unspecified atom stereocenters. The SMILES string of the molecule is C=CCn1c(SCC(=O)Nc2ccc([N+](=O)[O-])cc2)nnc1-c1cc2cccc(OC)c2o1. The predicted molar refractivity (Wildman–Crippen MR) is 124 cm³/mol. The smallest absolute Gasteiger partial charge is 0.269 e. The molecule has 0 aliphatic rings. The third kappa shape index (κ3) is 4.72. The fourth-order valence-electron chi connectivity index (χ4n) is 3.17. The monoisotopic (exact) mass is 465 g/mol. The highest BCUT2D eigenvalue weighted by Crippen LogP contribution is 2.34. The molecule has 11 heteroatoms. The van der Waals surface area contributed by atoms with Gasteiger partial charge in [-0.2, -0.15) is 0 Å². The molecule has 0 atom stereocenters. The minimum Gasteiger partial charge on any atom is -0.493 e. The Morgan fingerprint density at radius 2 is 2.09 bits per heavy atom. The van der Waals surface area contributed by atoms with Crippen LogP contribution in [0.15, 0.2) is 70.8 Å². The lowest BCUT2D eigenvalue weighted by Crippen LogP contribution is -2.14. The lowest BCUT2D eigenvalue weighted by atomic mass is 10.2. The molecule has 33 heavy (non-hydrogen) atoms. The van der Waals surface area contributed by atoms with Crippen molar-refractivity contribution in [2.75, 3.05) is 18.2 Å². The maximum atomic E-state index is 12.4. The van der Waals surface area contributed by atoms with Gasteiger partial charge in [-0.25, -0.2) is 0 Å². The van der Waals surface area contributed by atoms with Crippen LogP contribution >= 0.6 is 11.8 Å². The van der Waals surface area contributed by atoms with Gasteiger partial charge in [-0.1, -0.05) is 30.0 Å². The number of allylic oxidation sites excluding steroid dienone is 1. The first-order valence-corrected chi connectivity index (χ1v) is 10.8. The molecule has 0 saturated heterocycles. The number of aromatic nitrogens is 3. The van der Waals surface area contributed by atoms with Crippen LogP contribution in [0, 0.1) is 10.1 Å². The van der Waals surface area contributed by atoms with Crippen molar-refractivity contribution in [3.63, 3.8) is 0 Å². The average molecular weight is 465 g/mol. The molecule has 10 nitrogen and oxygen atoms in total. The van der Waals surface area contributed by atoms with E-state index in [9.17, 15) is 14.9 Å². The van der Waals surface area contributed by atoms with Gasteiger partial charge in [0, 0.05) is 29.8 Å². The Morgan fingerprint density at radius 3 is 2.79 bits per heavy atom. The number of nitro groups is 1. The molecule has 1 amide bonds. The Kier molecular flexibility index (Phi) is 6.41. The summed E-state index contributed by atoms with van der Waals surface area (Å²) < 4.78 is 13.2. The van der Waals surface area contributed by atoms with Crippen LogP contribution in [0.1, 0.15) is 0 Å². The highest BCUT2D eigenvalue weighted by molar-refractivity contribution is 7.99. The number of anilines is 1. The Morgan fingerprint density at radius 1 is 1.30 bits per heavy atom. The molecule has 2 aromatic heterocycles. The first-order valence-electron chi connectivity index (χ1n) is 9.78. The van der Waals surface area contributed by atoms with Gasteiger partial charge in [0.25, 0.3) is 5.69 Å². The van der Waals surface area contributed by atoms with Crippen molar-refractivity contribution in [3.8, 4) is 17.3 Å². The molecule has 0 spiro atoms. The van der Waals surface area contributed by atoms with Gasteiger partial charge in [0.15, 0.2) is 22.2 Å². The second kappa shape index (κ2) is 9.57. The first-order chi connectivity index (χ1) is 16.0. The molecule has 4 aromatic rings. The first kappa shape index (κ1) is 22.1. The third-order valence-corrected chi connectivity index (χ3v) is 5.64. The van der Waals surface area contributed by atoms with Crippen molar-refractivity contribution in [1.82, 2.24) is 14.8 Å². The van der Waals surface area contributed by atoms with Gasteiger partial charge < -0.3 is 14.5 Å². The summed E-state index contributed by atoms with van der Waals surface area (Å²) in [7, 11) is 1.58. The van der Waals surface area contributed by atoms with Crippen LogP contribution in [0.2, 0.25) is 0 Å². The van der Waals surface area contributed by atoms with Crippen LogP contribution in [-0.4, -0.2) is 38.5 Å². The lowest BCUT2D eigenvalue weighted by Gasteiger charge is -2.07. The maximum Gasteiger partial charge on any atom is 0.269 e. The fraction of sp³-hybridized carbons (Fsp3) is 0.136. The standard InChI is InChI=1S/C22H19N5O5S/c1-3-11-26-21(18-12-14-5-4-6-17(31-2)20(14)32-18)24-25-22(26)33-13-19(28)23-15-7-9-16(10-8-15)27(29)30/h3-10,12H,1,11,13H2,2H3,(H,23,28). The zero-order valence-corrected chi connectivity index (χ0v) is 18.4. The zero-order valence-electron chi connectivity index (χ0n) is 17.6. The molecule has 0 fully saturated rings. The molecule has 0 bridgehead atoms. The molecule has 0 aliphatic heterocycles. The molecule has 1 N–H and O–H groups in total. The van der Waals surface area contributed by atoms with E-state index in [1.807, 2.05) is 24.3 Å². The summed E-state index contributed by atoms with van der Waals surface area (Å²) in [6.07, 6.45) is 1.71. The maximum absolute atomic E-state index is 12.4. The molecule has 0 saturated carbocycles. The van der Waals surface area contributed by atoms with Crippen molar-refractivity contribution in [2.45, 2.75) is 11.7 Å². The van der Waals surface area contributed by atoms with Gasteiger partial charge in [-0.3, -0.25) is 19.5 Å². The van der Waals surface area contributed by atoms with Gasteiger partial charge in [-0.05, 0) is 24.3 Å². The van der Waals surface area contributed by atoms with E-state index in [1.54, 1.807) is 17.8 Å². The molecule has 2 heterocycles. The summed E-state index contributed by atoms with van der Waals surface area (Å²) in [5, 5.41) is 23.3. The molecular formula is C22H19N5O5S. The van der Waals surface area contributed by atoms with E-state index in [4.69, 9.17) is 9.15 Å². The largest absolute Gasteiger partial charge is 0.493 e. The number of carbonyl (C=O) groups excluding carboxylic acids is 1. The topological polar surface area (TPSA) is 125 Å². The number of carbonyl (C=O) groups is 1. The number of amides is 1. The van der Waals surface area contributed by atoms with E-state index in [0.717, 1.165) is 5.39 Å². The van der Waals surface area contributed by atoms with E-state index in [0.29, 0.717) is 40.3 Å². The number of methoxy groups -OCH3 is 1. The number of rotatable bonds is 9. The molecule has 4 rings (SSSR count). The number of fused-ring (bicyclic) bond motifs is 1. The van der Waals surface area contributed by atoms with Crippen LogP contribution in [0.4, 0.5) is 11.4 Å². The van der Waals surface area contributed by atoms with Crippen LogP contribution < -0.4 is 10.1 Å². The number of thioether (sulfide) groups is 1. The van der Waals surface area contributed by atoms with Crippen molar-refractivity contribution >= 4 is 40.0 Å². The van der Waals surface area contributed by atoms with E-state index >= 15 is 0 Å². The predicted octanol–water partition coefficient (Wildman–Crippen LogP) is 4.52. The second-order valence-corrected chi connectivity index (χ2v) is 7.78. The lowest BCUT2D eigenvalue weighted by molar-refractivity contribution is -0.384.